The third-order valence-corrected chi connectivity index (χ3v) is 2.78. The lowest BCUT2D eigenvalue weighted by Gasteiger charge is -2.31. The van der Waals surface area contributed by atoms with Crippen molar-refractivity contribution in [2.45, 2.75) is 23.3 Å². The van der Waals surface area contributed by atoms with Crippen molar-refractivity contribution in [1.82, 2.24) is 0 Å². The van der Waals surface area contributed by atoms with E-state index in [4.69, 9.17) is 4.55 Å². The Hall–Kier alpha value is -1.16. The predicted octanol–water partition coefficient (Wildman–Crippen LogP) is 2.86. The van der Waals surface area contributed by atoms with E-state index in [1.807, 2.05) is 0 Å². The van der Waals surface area contributed by atoms with Gasteiger partial charge in [0.05, 0.1) is 0 Å². The van der Waals surface area contributed by atoms with Gasteiger partial charge in [0, 0.05) is 19.0 Å². The van der Waals surface area contributed by atoms with Crippen molar-refractivity contribution in [1.29, 1.82) is 0 Å². The van der Waals surface area contributed by atoms with Gasteiger partial charge in [-0.3, -0.25) is 4.55 Å². The summed E-state index contributed by atoms with van der Waals surface area (Å²) in [5, 5.41) is -7.00. The van der Waals surface area contributed by atoms with Gasteiger partial charge in [-0.2, -0.15) is 47.9 Å². The molecule has 0 saturated carbocycles. The van der Waals surface area contributed by atoms with Gasteiger partial charge in [0.1, 0.15) is 0 Å². The fourth-order valence-electron chi connectivity index (χ4n) is 0.560. The molecule has 0 aromatic carbocycles. The first-order chi connectivity index (χ1) is 9.81. The zero-order valence-electron chi connectivity index (χ0n) is 10.1. The first-order valence-corrected chi connectivity index (χ1v) is 6.26. The van der Waals surface area contributed by atoms with Gasteiger partial charge in [0.25, 0.3) is 0 Å². The van der Waals surface area contributed by atoms with E-state index >= 15 is 0 Å². The average molecular weight is 404 g/mol. The largest absolute Gasteiger partial charge is 0.460 e. The highest BCUT2D eigenvalue weighted by atomic mass is 32.2. The SMILES string of the molecule is C=CC(=O)OS.O=S(=O)(O)C(F)(F)C(F)(F)C(F)(F)C(F)(F)F. The second-order valence-electron chi connectivity index (χ2n) is 3.25. The molecule has 0 atom stereocenters. The molecule has 0 fully saturated rings. The van der Waals surface area contributed by atoms with Crippen LogP contribution in [-0.4, -0.2) is 42.2 Å². The second-order valence-corrected chi connectivity index (χ2v) is 4.90. The number of halogens is 9. The molecule has 0 aliphatic carbocycles. The lowest BCUT2D eigenvalue weighted by atomic mass is 10.1. The molecule has 0 saturated heterocycles. The first-order valence-electron chi connectivity index (χ1n) is 4.46. The molecule has 0 aliphatic rings. The van der Waals surface area contributed by atoms with Crippen LogP contribution in [0.3, 0.4) is 0 Å². The van der Waals surface area contributed by atoms with Crippen LogP contribution in [0.2, 0.25) is 0 Å². The Kier molecular flexibility index (Phi) is 7.51. The normalized spacial score (nSPS) is 13.7. The minimum absolute atomic E-state index is 0.529. The van der Waals surface area contributed by atoms with Gasteiger partial charge >= 0.3 is 39.4 Å². The van der Waals surface area contributed by atoms with Crippen molar-refractivity contribution in [3.05, 3.63) is 12.7 Å². The van der Waals surface area contributed by atoms with Gasteiger partial charge < -0.3 is 4.18 Å². The maximum atomic E-state index is 12.2. The molecule has 0 rings (SSSR count). The fraction of sp³-hybridized carbons (Fsp3) is 0.571. The lowest BCUT2D eigenvalue weighted by molar-refractivity contribution is -0.382. The number of hydrogen-bond donors (Lipinski definition) is 2. The van der Waals surface area contributed by atoms with Gasteiger partial charge in [-0.25, -0.2) is 4.79 Å². The maximum absolute atomic E-state index is 12.2. The molecule has 5 nitrogen and oxygen atoms in total. The first kappa shape index (κ1) is 24.1. The van der Waals surface area contributed by atoms with Crippen molar-refractivity contribution in [2.24, 2.45) is 0 Å². The summed E-state index contributed by atoms with van der Waals surface area (Å²) in [7, 11) is -7.17. The van der Waals surface area contributed by atoms with Crippen LogP contribution in [0.15, 0.2) is 12.7 Å². The molecule has 0 amide bonds. The van der Waals surface area contributed by atoms with Crippen LogP contribution in [0.25, 0.3) is 0 Å². The van der Waals surface area contributed by atoms with Crippen molar-refractivity contribution < 1.29 is 61.5 Å². The van der Waals surface area contributed by atoms with Crippen LogP contribution in [0.1, 0.15) is 0 Å². The standard InChI is InChI=1S/C4HF9O3S.C3H4O2S/c5-1(6,3(9,10)11)2(7,8)4(12,13)17(14,15)16;1-2-3(4)5-6/h(H,14,15,16);2,6H,1H2. The third kappa shape index (κ3) is 4.90. The zero-order chi connectivity index (χ0) is 19.5. The van der Waals surface area contributed by atoms with Crippen molar-refractivity contribution in [3.63, 3.8) is 0 Å². The quantitative estimate of drug-likeness (QED) is 0.248. The molecule has 0 unspecified atom stereocenters. The van der Waals surface area contributed by atoms with Gasteiger partial charge in [0.15, 0.2) is 0 Å². The maximum Gasteiger partial charge on any atom is 0.460 e. The molecule has 0 aromatic heterocycles. The van der Waals surface area contributed by atoms with Crippen LogP contribution in [0.4, 0.5) is 39.5 Å². The Labute approximate surface area is 127 Å². The van der Waals surface area contributed by atoms with E-state index in [1.165, 1.54) is 0 Å². The average Bonchev–Trinajstić information content (AvgIpc) is 2.35. The van der Waals surface area contributed by atoms with E-state index in [-0.39, 0.29) is 0 Å². The summed E-state index contributed by atoms with van der Waals surface area (Å²) in [6, 6.07) is 0. The summed E-state index contributed by atoms with van der Waals surface area (Å²) in [6.07, 6.45) is -6.10. The monoisotopic (exact) mass is 404 g/mol. The number of thiol groups is 1. The molecule has 0 bridgehead atoms. The number of hydrogen-bond acceptors (Lipinski definition) is 5. The summed E-state index contributed by atoms with van der Waals surface area (Å²) < 4.78 is 138. The number of carbonyl (C=O) groups is 1. The van der Waals surface area contributed by atoms with Gasteiger partial charge in [-0.1, -0.05) is 6.58 Å². The highest BCUT2D eigenvalue weighted by Gasteiger charge is 2.85. The molecule has 0 heterocycles. The fourth-order valence-corrected chi connectivity index (χ4v) is 1.09. The van der Waals surface area contributed by atoms with E-state index < -0.39 is 39.4 Å². The molecule has 23 heavy (non-hydrogen) atoms. The third-order valence-electron chi connectivity index (χ3n) is 1.70. The minimum Gasteiger partial charge on any atom is -0.391 e. The molecule has 138 valence electrons. The van der Waals surface area contributed by atoms with Gasteiger partial charge in [-0.05, 0) is 0 Å². The van der Waals surface area contributed by atoms with Gasteiger partial charge in [-0.15, -0.1) is 0 Å². The van der Waals surface area contributed by atoms with Crippen LogP contribution < -0.4 is 0 Å². The summed E-state index contributed by atoms with van der Waals surface area (Å²) in [4.78, 5) is 9.76. The highest BCUT2D eigenvalue weighted by molar-refractivity contribution is 7.87. The number of carbonyl (C=O) groups excluding carboxylic acids is 1. The molecular formula is C7H5F9O5S2. The topological polar surface area (TPSA) is 80.7 Å². The van der Waals surface area contributed by atoms with E-state index in [9.17, 15) is 52.7 Å². The Morgan fingerprint density at radius 1 is 1.00 bits per heavy atom. The molecule has 1 N–H and O–H groups in total. The van der Waals surface area contributed by atoms with Crippen LogP contribution >= 0.6 is 12.9 Å². The summed E-state index contributed by atoms with van der Waals surface area (Å²) in [6.45, 7) is 3.11. The summed E-state index contributed by atoms with van der Waals surface area (Å²) >= 11 is 3.17. The Morgan fingerprint density at radius 2 is 1.35 bits per heavy atom. The number of alkyl halides is 9. The molecule has 0 aromatic rings. The molecule has 0 aliphatic heterocycles. The molecule has 16 heteroatoms. The van der Waals surface area contributed by atoms with E-state index in [0.717, 1.165) is 6.08 Å². The van der Waals surface area contributed by atoms with Crippen molar-refractivity contribution in [2.75, 3.05) is 0 Å². The zero-order valence-corrected chi connectivity index (χ0v) is 11.8. The van der Waals surface area contributed by atoms with Crippen LogP contribution in [0, 0.1) is 0 Å². The van der Waals surface area contributed by atoms with Crippen molar-refractivity contribution >= 4 is 29.0 Å². The van der Waals surface area contributed by atoms with E-state index in [1.54, 1.807) is 0 Å². The Morgan fingerprint density at radius 3 is 1.48 bits per heavy atom. The summed E-state index contributed by atoms with van der Waals surface area (Å²) in [5.41, 5.74) is 0. The molecular weight excluding hydrogens is 399 g/mol. The predicted molar refractivity (Wildman–Crippen MR) is 57.7 cm³/mol. The second kappa shape index (κ2) is 7.16. The molecule has 0 radical (unpaired) electrons. The van der Waals surface area contributed by atoms with Gasteiger partial charge in [0.2, 0.25) is 0 Å². The lowest BCUT2D eigenvalue weighted by Crippen LogP contribution is -2.63. The Bertz CT molecular complexity index is 539. The van der Waals surface area contributed by atoms with E-state index in [2.05, 4.69) is 23.7 Å². The highest BCUT2D eigenvalue weighted by Crippen LogP contribution is 2.54. The number of rotatable bonds is 4. The van der Waals surface area contributed by atoms with Crippen LogP contribution in [-0.2, 0) is 19.1 Å². The summed E-state index contributed by atoms with van der Waals surface area (Å²) in [5.74, 6) is -15.2. The van der Waals surface area contributed by atoms with Crippen LogP contribution in [0.5, 0.6) is 0 Å². The smallest absolute Gasteiger partial charge is 0.391 e. The molecule has 0 spiro atoms. The van der Waals surface area contributed by atoms with E-state index in [0.29, 0.717) is 0 Å². The van der Waals surface area contributed by atoms with Crippen molar-refractivity contribution in [3.8, 4) is 0 Å². The minimum atomic E-state index is -7.37. The Balaban J connectivity index is 0.